The van der Waals surface area contributed by atoms with E-state index in [1.165, 1.54) is 47.9 Å². The zero-order chi connectivity index (χ0) is 22.4. The highest BCUT2D eigenvalue weighted by Crippen LogP contribution is 2.31. The Hall–Kier alpha value is -2.02. The number of likely N-dealkylation sites (tertiary alicyclic amines) is 1. The van der Waals surface area contributed by atoms with E-state index in [-0.39, 0.29) is 24.1 Å². The van der Waals surface area contributed by atoms with Gasteiger partial charge in [0, 0.05) is 23.9 Å². The van der Waals surface area contributed by atoms with Gasteiger partial charge in [-0.25, -0.2) is 9.86 Å². The van der Waals surface area contributed by atoms with Crippen molar-refractivity contribution in [2.24, 2.45) is 0 Å². The lowest BCUT2D eigenvalue weighted by Gasteiger charge is -2.32. The maximum atomic E-state index is 12.7. The van der Waals surface area contributed by atoms with Crippen molar-refractivity contribution in [3.63, 3.8) is 0 Å². The van der Waals surface area contributed by atoms with Crippen LogP contribution in [0, 0.1) is 10.1 Å². The molecule has 0 radical (unpaired) electrons. The van der Waals surface area contributed by atoms with E-state index in [1.807, 2.05) is 0 Å². The minimum atomic E-state index is -0.775. The first-order valence-corrected chi connectivity index (χ1v) is 11.0. The zero-order valence-corrected chi connectivity index (χ0v) is 18.3. The van der Waals surface area contributed by atoms with Crippen LogP contribution in [0.2, 0.25) is 0 Å². The molecule has 1 saturated heterocycles. The smallest absolute Gasteiger partial charge is 0.410 e. The monoisotopic (exact) mass is 459 g/mol. The van der Waals surface area contributed by atoms with Gasteiger partial charge < -0.3 is 14.7 Å². The molecule has 1 aromatic carbocycles. The third kappa shape index (κ3) is 5.78. The molecule has 10 nitrogen and oxygen atoms in total. The standard InChI is InChI=1S/C18H25N3O7S2/c1-11(9-22)20(25)17(23)16(30-2)15-7-14(29)8-19(15)18(24)28-10-12-3-5-13(6-4-12)21(26)27/h3-6,11,14-16,22,25,29H,7-10H2,1-2H3. The van der Waals surface area contributed by atoms with Gasteiger partial charge in [0.1, 0.15) is 11.9 Å². The summed E-state index contributed by atoms with van der Waals surface area (Å²) in [4.78, 5) is 37.0. The predicted molar refractivity (Wildman–Crippen MR) is 114 cm³/mol. The maximum absolute atomic E-state index is 12.7. The average Bonchev–Trinajstić information content (AvgIpc) is 3.12. The van der Waals surface area contributed by atoms with Crippen LogP contribution in [0.5, 0.6) is 0 Å². The first kappa shape index (κ1) is 24.3. The lowest BCUT2D eigenvalue weighted by Crippen LogP contribution is -2.51. The van der Waals surface area contributed by atoms with Crippen molar-refractivity contribution in [2.45, 2.75) is 42.5 Å². The summed E-state index contributed by atoms with van der Waals surface area (Å²) < 4.78 is 5.34. The molecule has 1 aliphatic heterocycles. The molecule has 0 saturated carbocycles. The number of hydroxylamine groups is 2. The van der Waals surface area contributed by atoms with Crippen molar-refractivity contribution in [1.29, 1.82) is 0 Å². The Bertz CT molecular complexity index is 765. The Morgan fingerprint density at radius 3 is 2.60 bits per heavy atom. The molecule has 1 aliphatic rings. The molecule has 2 rings (SSSR count). The van der Waals surface area contributed by atoms with Crippen LogP contribution in [0.25, 0.3) is 0 Å². The summed E-state index contributed by atoms with van der Waals surface area (Å²) >= 11 is 5.63. The van der Waals surface area contributed by atoms with Crippen molar-refractivity contribution in [1.82, 2.24) is 9.96 Å². The molecule has 12 heteroatoms. The third-order valence-electron chi connectivity index (χ3n) is 4.82. The molecular formula is C18H25N3O7S2. The van der Waals surface area contributed by atoms with E-state index < -0.39 is 40.9 Å². The molecular weight excluding hydrogens is 434 g/mol. The van der Waals surface area contributed by atoms with Crippen molar-refractivity contribution in [3.05, 3.63) is 39.9 Å². The Morgan fingerprint density at radius 1 is 1.43 bits per heavy atom. The normalized spacial score (nSPS) is 20.5. The number of aliphatic hydroxyl groups excluding tert-OH is 1. The molecule has 2 N–H and O–H groups in total. The first-order valence-electron chi connectivity index (χ1n) is 9.20. The quantitative estimate of drug-likeness (QED) is 0.232. The number of nitro groups is 1. The number of benzene rings is 1. The highest BCUT2D eigenvalue weighted by Gasteiger charge is 2.43. The van der Waals surface area contributed by atoms with E-state index in [0.29, 0.717) is 17.0 Å². The largest absolute Gasteiger partial charge is 0.445 e. The van der Waals surface area contributed by atoms with Gasteiger partial charge in [-0.3, -0.25) is 20.1 Å². The van der Waals surface area contributed by atoms with Gasteiger partial charge in [0.15, 0.2) is 0 Å². The number of amides is 2. The van der Waals surface area contributed by atoms with E-state index in [4.69, 9.17) is 4.74 Å². The fourth-order valence-electron chi connectivity index (χ4n) is 3.13. The number of thiol groups is 1. The van der Waals surface area contributed by atoms with Crippen LogP contribution in [0.15, 0.2) is 24.3 Å². The highest BCUT2D eigenvalue weighted by atomic mass is 32.2. The van der Waals surface area contributed by atoms with E-state index in [2.05, 4.69) is 12.6 Å². The van der Waals surface area contributed by atoms with Crippen LogP contribution in [-0.4, -0.2) is 79.2 Å². The Morgan fingerprint density at radius 2 is 2.07 bits per heavy atom. The molecule has 0 aromatic heterocycles. The SMILES string of the molecule is CSC(C(=O)N(O)C(C)CO)C1CC(S)CN1C(=O)OCc1ccc([N+](=O)[O-])cc1. The molecule has 30 heavy (non-hydrogen) atoms. The number of hydrogen-bond acceptors (Lipinski definition) is 9. The molecule has 0 spiro atoms. The molecule has 4 unspecified atom stereocenters. The molecule has 1 aromatic rings. The van der Waals surface area contributed by atoms with E-state index >= 15 is 0 Å². The lowest BCUT2D eigenvalue weighted by molar-refractivity contribution is -0.384. The molecule has 1 heterocycles. The Labute approximate surface area is 183 Å². The molecule has 1 fully saturated rings. The molecule has 0 aliphatic carbocycles. The minimum absolute atomic E-state index is 0.0606. The summed E-state index contributed by atoms with van der Waals surface area (Å²) in [6.07, 6.45) is 1.50. The molecule has 0 bridgehead atoms. The highest BCUT2D eigenvalue weighted by molar-refractivity contribution is 8.00. The second-order valence-corrected chi connectivity index (χ2v) is 8.67. The lowest BCUT2D eigenvalue weighted by atomic mass is 10.1. The number of rotatable bonds is 8. The van der Waals surface area contributed by atoms with Gasteiger partial charge in [-0.15, -0.1) is 11.8 Å². The minimum Gasteiger partial charge on any atom is -0.445 e. The van der Waals surface area contributed by atoms with Gasteiger partial charge in [0.25, 0.3) is 11.6 Å². The number of nitrogens with zero attached hydrogens (tertiary/aromatic N) is 3. The number of ether oxygens (including phenoxy) is 1. The Kier molecular flexibility index (Phi) is 8.77. The van der Waals surface area contributed by atoms with Gasteiger partial charge >= 0.3 is 6.09 Å². The second kappa shape index (κ2) is 10.8. The number of thioether (sulfide) groups is 1. The predicted octanol–water partition coefficient (Wildman–Crippen LogP) is 1.93. The van der Waals surface area contributed by atoms with Crippen molar-refractivity contribution < 1.29 is 29.6 Å². The second-order valence-electron chi connectivity index (χ2n) is 6.96. The molecule has 166 valence electrons. The van der Waals surface area contributed by atoms with Gasteiger partial charge in [-0.05, 0) is 37.3 Å². The average molecular weight is 460 g/mol. The van der Waals surface area contributed by atoms with Crippen molar-refractivity contribution >= 4 is 42.1 Å². The van der Waals surface area contributed by atoms with Crippen LogP contribution >= 0.6 is 24.4 Å². The van der Waals surface area contributed by atoms with E-state index in [9.17, 15) is 30.0 Å². The zero-order valence-electron chi connectivity index (χ0n) is 16.6. The van der Waals surface area contributed by atoms with Gasteiger partial charge in [-0.1, -0.05) is 0 Å². The van der Waals surface area contributed by atoms with Crippen LogP contribution < -0.4 is 0 Å². The summed E-state index contributed by atoms with van der Waals surface area (Å²) in [6.45, 7) is 1.30. The third-order valence-corrected chi connectivity index (χ3v) is 6.22. The topological polar surface area (TPSA) is 133 Å². The van der Waals surface area contributed by atoms with Gasteiger partial charge in [-0.2, -0.15) is 12.6 Å². The maximum Gasteiger partial charge on any atom is 0.410 e. The van der Waals surface area contributed by atoms with E-state index in [1.54, 1.807) is 6.26 Å². The molecule has 4 atom stereocenters. The number of carbonyl (C=O) groups excluding carboxylic acids is 2. The van der Waals surface area contributed by atoms with Gasteiger partial charge in [0.05, 0.1) is 23.6 Å². The van der Waals surface area contributed by atoms with Gasteiger partial charge in [0.2, 0.25) is 0 Å². The summed E-state index contributed by atoms with van der Waals surface area (Å²) in [6, 6.07) is 4.34. The number of hydrogen-bond donors (Lipinski definition) is 3. The van der Waals surface area contributed by atoms with Crippen LogP contribution in [0.1, 0.15) is 18.9 Å². The summed E-state index contributed by atoms with van der Waals surface area (Å²) in [5, 5.41) is 29.5. The van der Waals surface area contributed by atoms with Crippen molar-refractivity contribution in [2.75, 3.05) is 19.4 Å². The number of carbonyl (C=O) groups is 2. The van der Waals surface area contributed by atoms with E-state index in [0.717, 1.165) is 0 Å². The number of non-ortho nitro benzene ring substituents is 1. The number of nitro benzene ring substituents is 1. The summed E-state index contributed by atoms with van der Waals surface area (Å²) in [5.74, 6) is -0.607. The fourth-order valence-corrected chi connectivity index (χ4v) is 4.40. The molecule has 2 amide bonds. The summed E-state index contributed by atoms with van der Waals surface area (Å²) in [5.41, 5.74) is 0.525. The fraction of sp³-hybridized carbons (Fsp3) is 0.556. The first-order chi connectivity index (χ1) is 14.2. The van der Waals surface area contributed by atoms with Crippen LogP contribution in [0.4, 0.5) is 10.5 Å². The van der Waals surface area contributed by atoms with Crippen LogP contribution in [0.3, 0.4) is 0 Å². The summed E-state index contributed by atoms with van der Waals surface area (Å²) in [7, 11) is 0. The van der Waals surface area contributed by atoms with Crippen molar-refractivity contribution in [3.8, 4) is 0 Å². The Balaban J connectivity index is 2.07. The van der Waals surface area contributed by atoms with Crippen LogP contribution in [-0.2, 0) is 16.1 Å². The number of aliphatic hydroxyl groups is 1.